The zero-order chi connectivity index (χ0) is 16.7. The van der Waals surface area contributed by atoms with Gasteiger partial charge >= 0.3 is 0 Å². The van der Waals surface area contributed by atoms with Gasteiger partial charge in [0, 0.05) is 18.4 Å². The van der Waals surface area contributed by atoms with Crippen molar-refractivity contribution < 1.29 is 13.8 Å². The number of amides is 1. The van der Waals surface area contributed by atoms with Crippen LogP contribution in [0.3, 0.4) is 0 Å². The molecule has 3 heterocycles. The minimum atomic E-state index is -0.167. The van der Waals surface area contributed by atoms with Crippen LogP contribution in [0.25, 0.3) is 31.8 Å². The van der Waals surface area contributed by atoms with Gasteiger partial charge in [-0.25, -0.2) is 9.55 Å². The molecule has 1 amide bonds. The fourth-order valence-electron chi connectivity index (χ4n) is 2.72. The van der Waals surface area contributed by atoms with Crippen LogP contribution < -0.4 is 9.88 Å². The lowest BCUT2D eigenvalue weighted by Gasteiger charge is -1.99. The standard InChI is InChI=1S/C18H15N3O2S/c1-3-21-9-8-12-14(10-21)23-17(19-11(2)22)16(12)18-20-13-6-4-5-7-15(13)24-18/h4-10H,3H2,1-2H3/p+1. The smallest absolute Gasteiger partial charge is 0.223 e. The van der Waals surface area contributed by atoms with Gasteiger partial charge in [0.2, 0.25) is 23.6 Å². The molecule has 1 aromatic carbocycles. The Bertz CT molecular complexity index is 1030. The third-order valence-corrected chi connectivity index (χ3v) is 4.91. The Morgan fingerprint density at radius 3 is 2.92 bits per heavy atom. The van der Waals surface area contributed by atoms with Gasteiger partial charge in [-0.3, -0.25) is 10.1 Å². The van der Waals surface area contributed by atoms with Gasteiger partial charge in [-0.15, -0.1) is 11.3 Å². The van der Waals surface area contributed by atoms with E-state index in [4.69, 9.17) is 9.40 Å². The molecular weight excluding hydrogens is 322 g/mol. The highest BCUT2D eigenvalue weighted by atomic mass is 32.1. The molecule has 0 aliphatic heterocycles. The van der Waals surface area contributed by atoms with E-state index in [0.717, 1.165) is 38.3 Å². The molecule has 0 spiro atoms. The summed E-state index contributed by atoms with van der Waals surface area (Å²) >= 11 is 1.59. The van der Waals surface area contributed by atoms with Gasteiger partial charge in [-0.2, -0.15) is 0 Å². The van der Waals surface area contributed by atoms with Gasteiger partial charge in [0.1, 0.15) is 11.6 Å². The number of hydrogen-bond acceptors (Lipinski definition) is 4. The summed E-state index contributed by atoms with van der Waals surface area (Å²) in [7, 11) is 0. The molecule has 0 unspecified atom stereocenters. The summed E-state index contributed by atoms with van der Waals surface area (Å²) in [6.45, 7) is 4.39. The van der Waals surface area contributed by atoms with Crippen LogP contribution in [0.1, 0.15) is 13.8 Å². The summed E-state index contributed by atoms with van der Waals surface area (Å²) in [5, 5.41) is 4.58. The summed E-state index contributed by atoms with van der Waals surface area (Å²) in [6, 6.07) is 10.0. The number of nitrogens with one attached hydrogen (secondary N) is 1. The average molecular weight is 338 g/mol. The molecule has 0 saturated carbocycles. The lowest BCUT2D eigenvalue weighted by Crippen LogP contribution is -2.30. The van der Waals surface area contributed by atoms with Crippen LogP contribution in [-0.2, 0) is 11.3 Å². The van der Waals surface area contributed by atoms with Crippen molar-refractivity contribution >= 4 is 44.3 Å². The number of hydrogen-bond donors (Lipinski definition) is 1. The molecule has 4 aromatic rings. The topological polar surface area (TPSA) is 59.0 Å². The normalized spacial score (nSPS) is 11.2. The first kappa shape index (κ1) is 14.8. The van der Waals surface area contributed by atoms with Crippen LogP contribution in [0.2, 0.25) is 0 Å². The van der Waals surface area contributed by atoms with E-state index in [9.17, 15) is 4.79 Å². The third-order valence-electron chi connectivity index (χ3n) is 3.85. The van der Waals surface area contributed by atoms with Crippen molar-refractivity contribution in [3.8, 4) is 10.6 Å². The highest BCUT2D eigenvalue weighted by Gasteiger charge is 2.22. The molecule has 0 radical (unpaired) electrons. The minimum Gasteiger partial charge on any atom is -0.433 e. The van der Waals surface area contributed by atoms with E-state index in [1.165, 1.54) is 6.92 Å². The summed E-state index contributed by atoms with van der Waals surface area (Å²) in [5.41, 5.74) is 2.52. The Balaban J connectivity index is 1.98. The molecule has 0 aliphatic carbocycles. The number of carbonyl (C=O) groups excluding carboxylic acids is 1. The summed E-state index contributed by atoms with van der Waals surface area (Å²) in [6.07, 6.45) is 3.95. The van der Waals surface area contributed by atoms with Crippen molar-refractivity contribution in [2.75, 3.05) is 5.32 Å². The summed E-state index contributed by atoms with van der Waals surface area (Å²) in [4.78, 5) is 16.3. The number of rotatable bonds is 3. The quantitative estimate of drug-likeness (QED) is 0.575. The molecule has 5 nitrogen and oxygen atoms in total. The molecule has 120 valence electrons. The Morgan fingerprint density at radius 1 is 1.33 bits per heavy atom. The van der Waals surface area contributed by atoms with Crippen molar-refractivity contribution in [3.05, 3.63) is 42.7 Å². The molecule has 6 heteroatoms. The predicted octanol–water partition coefficient (Wildman–Crippen LogP) is 3.98. The van der Waals surface area contributed by atoms with E-state index in [-0.39, 0.29) is 5.91 Å². The Kier molecular flexibility index (Phi) is 3.54. The average Bonchev–Trinajstić information content (AvgIpc) is 3.13. The van der Waals surface area contributed by atoms with E-state index in [0.29, 0.717) is 5.88 Å². The van der Waals surface area contributed by atoms with Crippen LogP contribution in [-0.4, -0.2) is 10.9 Å². The third kappa shape index (κ3) is 2.45. The van der Waals surface area contributed by atoms with Crippen LogP contribution >= 0.6 is 11.3 Å². The molecular formula is C18H16N3O2S+. The number of aromatic nitrogens is 2. The molecule has 0 atom stereocenters. The largest absolute Gasteiger partial charge is 0.433 e. The van der Waals surface area contributed by atoms with E-state index in [1.54, 1.807) is 11.3 Å². The zero-order valence-corrected chi connectivity index (χ0v) is 14.2. The second-order valence-electron chi connectivity index (χ2n) is 5.53. The molecule has 1 N–H and O–H groups in total. The first-order valence-electron chi connectivity index (χ1n) is 7.75. The minimum absolute atomic E-state index is 0.167. The fourth-order valence-corrected chi connectivity index (χ4v) is 3.74. The van der Waals surface area contributed by atoms with Crippen molar-refractivity contribution in [2.45, 2.75) is 20.4 Å². The molecule has 0 fully saturated rings. The second kappa shape index (κ2) is 5.72. The van der Waals surface area contributed by atoms with E-state index in [2.05, 4.69) is 12.2 Å². The zero-order valence-electron chi connectivity index (χ0n) is 13.4. The predicted molar refractivity (Wildman–Crippen MR) is 95.0 cm³/mol. The number of para-hydroxylation sites is 1. The number of aryl methyl sites for hydroxylation is 1. The number of fused-ring (bicyclic) bond motifs is 2. The first-order chi connectivity index (χ1) is 11.7. The highest BCUT2D eigenvalue weighted by molar-refractivity contribution is 7.21. The molecule has 3 aromatic heterocycles. The molecule has 0 aliphatic rings. The maximum atomic E-state index is 11.6. The van der Waals surface area contributed by atoms with E-state index in [1.807, 2.05) is 47.3 Å². The van der Waals surface area contributed by atoms with Gasteiger partial charge in [0.15, 0.2) is 6.20 Å². The number of benzene rings is 1. The number of furan rings is 1. The first-order valence-corrected chi connectivity index (χ1v) is 8.56. The Hall–Kier alpha value is -2.73. The number of pyridine rings is 1. The highest BCUT2D eigenvalue weighted by Crippen LogP contribution is 2.41. The summed E-state index contributed by atoms with van der Waals surface area (Å²) in [5.74, 6) is 0.283. The Morgan fingerprint density at radius 2 is 2.17 bits per heavy atom. The SMILES string of the molecule is CC[n+]1ccc2c(-c3nc4ccccc4s3)c(NC(C)=O)oc2c1. The van der Waals surface area contributed by atoms with Crippen molar-refractivity contribution in [1.82, 2.24) is 4.98 Å². The van der Waals surface area contributed by atoms with Crippen LogP contribution in [0.15, 0.2) is 47.1 Å². The Labute approximate surface area is 142 Å². The van der Waals surface area contributed by atoms with E-state index < -0.39 is 0 Å². The molecule has 0 saturated heterocycles. The van der Waals surface area contributed by atoms with Gasteiger partial charge < -0.3 is 4.42 Å². The van der Waals surface area contributed by atoms with Crippen LogP contribution in [0.4, 0.5) is 5.88 Å². The number of carbonyl (C=O) groups is 1. The second-order valence-corrected chi connectivity index (χ2v) is 6.56. The van der Waals surface area contributed by atoms with Gasteiger partial charge in [-0.05, 0) is 19.1 Å². The lowest BCUT2D eigenvalue weighted by atomic mass is 10.2. The maximum absolute atomic E-state index is 11.6. The van der Waals surface area contributed by atoms with Gasteiger partial charge in [0.25, 0.3) is 0 Å². The van der Waals surface area contributed by atoms with Crippen molar-refractivity contribution in [1.29, 1.82) is 0 Å². The summed E-state index contributed by atoms with van der Waals surface area (Å²) < 4.78 is 9.06. The number of thiazole rings is 1. The van der Waals surface area contributed by atoms with Crippen LogP contribution in [0.5, 0.6) is 0 Å². The van der Waals surface area contributed by atoms with Crippen molar-refractivity contribution in [2.24, 2.45) is 0 Å². The van der Waals surface area contributed by atoms with E-state index >= 15 is 0 Å². The molecule has 0 bridgehead atoms. The van der Waals surface area contributed by atoms with Gasteiger partial charge in [-0.1, -0.05) is 12.1 Å². The fraction of sp³-hybridized carbons (Fsp3) is 0.167. The van der Waals surface area contributed by atoms with Crippen LogP contribution in [0, 0.1) is 0 Å². The monoisotopic (exact) mass is 338 g/mol. The molecule has 4 rings (SSSR count). The lowest BCUT2D eigenvalue weighted by molar-refractivity contribution is -0.692. The maximum Gasteiger partial charge on any atom is 0.223 e. The number of nitrogens with zero attached hydrogens (tertiary/aromatic N) is 2. The molecule has 24 heavy (non-hydrogen) atoms. The van der Waals surface area contributed by atoms with Crippen molar-refractivity contribution in [3.63, 3.8) is 0 Å². The number of anilines is 1. The van der Waals surface area contributed by atoms with Gasteiger partial charge in [0.05, 0.1) is 15.8 Å².